The molecule has 0 aliphatic carbocycles. The minimum absolute atomic E-state index is 0.176. The molecule has 0 radical (unpaired) electrons. The molecule has 0 saturated heterocycles. The third-order valence-electron chi connectivity index (χ3n) is 2.30. The van der Waals surface area contributed by atoms with Crippen molar-refractivity contribution in [2.24, 2.45) is 0 Å². The Morgan fingerprint density at radius 2 is 1.29 bits per heavy atom. The number of carboxylic acid groups (broad SMARTS) is 3. The van der Waals surface area contributed by atoms with Crippen molar-refractivity contribution in [1.29, 1.82) is 0 Å². The van der Waals surface area contributed by atoms with Gasteiger partial charge in [-0.1, -0.05) is 39.0 Å². The molecule has 0 heterocycles. The molecule has 0 aromatic rings. The van der Waals surface area contributed by atoms with Crippen molar-refractivity contribution >= 4 is 17.9 Å². The fourth-order valence-corrected chi connectivity index (χ4v) is 1.07. The van der Waals surface area contributed by atoms with Gasteiger partial charge < -0.3 is 15.3 Å². The van der Waals surface area contributed by atoms with Crippen LogP contribution >= 0.6 is 0 Å². The number of carboxylic acids is 3. The van der Waals surface area contributed by atoms with Crippen LogP contribution in [0.5, 0.6) is 0 Å². The summed E-state index contributed by atoms with van der Waals surface area (Å²) in [5, 5.41) is 25.4. The standard InChI is InChI=1S/C11H16O4.C4H6O2/c1-3-5-9(11(14)15)7-6-8(4-2)10(12)13;1-3(2)4(5)6/h6-7H,3-5H2,1-2H3,(H,12,13)(H,14,15);1H2,2H3,(H,5,6). The van der Waals surface area contributed by atoms with Crippen LogP contribution in [0.3, 0.4) is 0 Å². The summed E-state index contributed by atoms with van der Waals surface area (Å²) in [6.45, 7) is 8.19. The Hall–Kier alpha value is -2.37. The molecule has 0 saturated carbocycles. The molecular weight excluding hydrogens is 276 g/mol. The molecule has 6 heteroatoms. The van der Waals surface area contributed by atoms with Gasteiger partial charge in [0.15, 0.2) is 0 Å². The summed E-state index contributed by atoms with van der Waals surface area (Å²) in [4.78, 5) is 30.9. The lowest BCUT2D eigenvalue weighted by Crippen LogP contribution is -2.01. The van der Waals surface area contributed by atoms with Crippen molar-refractivity contribution in [3.8, 4) is 0 Å². The van der Waals surface area contributed by atoms with Gasteiger partial charge in [0, 0.05) is 16.7 Å². The lowest BCUT2D eigenvalue weighted by Gasteiger charge is -1.98. The van der Waals surface area contributed by atoms with Gasteiger partial charge in [0.05, 0.1) is 0 Å². The zero-order chi connectivity index (χ0) is 17.0. The molecule has 0 spiro atoms. The molecule has 3 N–H and O–H groups in total. The van der Waals surface area contributed by atoms with Gasteiger partial charge in [0.1, 0.15) is 0 Å². The van der Waals surface area contributed by atoms with E-state index in [1.54, 1.807) is 6.92 Å². The van der Waals surface area contributed by atoms with Crippen LogP contribution in [-0.4, -0.2) is 33.2 Å². The van der Waals surface area contributed by atoms with Crippen molar-refractivity contribution in [2.75, 3.05) is 0 Å². The number of hydrogen-bond acceptors (Lipinski definition) is 3. The molecule has 0 aromatic heterocycles. The highest BCUT2D eigenvalue weighted by Crippen LogP contribution is 2.08. The average Bonchev–Trinajstić information content (AvgIpc) is 2.38. The zero-order valence-corrected chi connectivity index (χ0v) is 12.5. The smallest absolute Gasteiger partial charge is 0.331 e. The topological polar surface area (TPSA) is 112 Å². The molecule has 0 atom stereocenters. The number of allylic oxidation sites excluding steroid dienone is 2. The van der Waals surface area contributed by atoms with Gasteiger partial charge in [-0.05, 0) is 19.8 Å². The van der Waals surface area contributed by atoms with Crippen molar-refractivity contribution in [2.45, 2.75) is 40.0 Å². The largest absolute Gasteiger partial charge is 0.478 e. The molecule has 0 aliphatic heterocycles. The molecule has 0 aromatic carbocycles. The zero-order valence-electron chi connectivity index (χ0n) is 12.5. The summed E-state index contributed by atoms with van der Waals surface area (Å²) in [7, 11) is 0. The highest BCUT2D eigenvalue weighted by atomic mass is 16.4. The summed E-state index contributed by atoms with van der Waals surface area (Å²) in [6, 6.07) is 0. The van der Waals surface area contributed by atoms with Gasteiger partial charge in [0.25, 0.3) is 0 Å². The van der Waals surface area contributed by atoms with E-state index in [-0.39, 0.29) is 16.7 Å². The van der Waals surface area contributed by atoms with E-state index >= 15 is 0 Å². The second kappa shape index (κ2) is 11.5. The maximum absolute atomic E-state index is 10.7. The average molecular weight is 298 g/mol. The Morgan fingerprint density at radius 3 is 1.52 bits per heavy atom. The van der Waals surface area contributed by atoms with Gasteiger partial charge in [0.2, 0.25) is 0 Å². The van der Waals surface area contributed by atoms with Crippen LogP contribution in [0.25, 0.3) is 0 Å². The van der Waals surface area contributed by atoms with Crippen molar-refractivity contribution in [3.05, 3.63) is 35.5 Å². The number of aliphatic carboxylic acids is 3. The van der Waals surface area contributed by atoms with Crippen LogP contribution in [0.4, 0.5) is 0 Å². The Kier molecular flexibility index (Phi) is 11.4. The van der Waals surface area contributed by atoms with Gasteiger partial charge in [-0.15, -0.1) is 0 Å². The summed E-state index contributed by atoms with van der Waals surface area (Å²) in [6.07, 6.45) is 4.29. The monoisotopic (exact) mass is 298 g/mol. The van der Waals surface area contributed by atoms with Crippen molar-refractivity contribution in [1.82, 2.24) is 0 Å². The van der Waals surface area contributed by atoms with Crippen LogP contribution in [0, 0.1) is 0 Å². The van der Waals surface area contributed by atoms with E-state index in [9.17, 15) is 14.4 Å². The van der Waals surface area contributed by atoms with Crippen LogP contribution < -0.4 is 0 Å². The minimum atomic E-state index is -1.00. The van der Waals surface area contributed by atoms with Gasteiger partial charge >= 0.3 is 17.9 Å². The number of rotatable bonds is 7. The molecule has 0 aliphatic rings. The van der Waals surface area contributed by atoms with E-state index < -0.39 is 17.9 Å². The van der Waals surface area contributed by atoms with Crippen LogP contribution in [0.1, 0.15) is 40.0 Å². The van der Waals surface area contributed by atoms with Crippen LogP contribution in [0.15, 0.2) is 35.5 Å². The molecule has 0 fully saturated rings. The van der Waals surface area contributed by atoms with Crippen molar-refractivity contribution < 1.29 is 29.7 Å². The predicted molar refractivity (Wildman–Crippen MR) is 79.1 cm³/mol. The second-order valence-corrected chi connectivity index (χ2v) is 4.18. The fraction of sp³-hybridized carbons (Fsp3) is 0.400. The van der Waals surface area contributed by atoms with E-state index in [1.807, 2.05) is 6.92 Å². The Bertz CT molecular complexity index is 445. The van der Waals surface area contributed by atoms with Crippen LogP contribution in [-0.2, 0) is 14.4 Å². The third-order valence-corrected chi connectivity index (χ3v) is 2.30. The highest BCUT2D eigenvalue weighted by molar-refractivity contribution is 5.89. The molecule has 0 bridgehead atoms. The first kappa shape index (κ1) is 20.9. The maximum Gasteiger partial charge on any atom is 0.331 e. The van der Waals surface area contributed by atoms with E-state index in [2.05, 4.69) is 6.58 Å². The molecule has 0 amide bonds. The summed E-state index contributed by atoms with van der Waals surface area (Å²) >= 11 is 0. The van der Waals surface area contributed by atoms with Crippen molar-refractivity contribution in [3.63, 3.8) is 0 Å². The first-order valence-electron chi connectivity index (χ1n) is 6.42. The first-order chi connectivity index (χ1) is 9.67. The molecule has 0 unspecified atom stereocenters. The summed E-state index contributed by atoms with van der Waals surface area (Å²) in [5.74, 6) is -2.93. The second-order valence-electron chi connectivity index (χ2n) is 4.18. The Labute approximate surface area is 124 Å². The van der Waals surface area contributed by atoms with Gasteiger partial charge in [-0.3, -0.25) is 0 Å². The van der Waals surface area contributed by atoms with E-state index in [1.165, 1.54) is 19.1 Å². The van der Waals surface area contributed by atoms with Gasteiger partial charge in [-0.2, -0.15) is 0 Å². The lowest BCUT2D eigenvalue weighted by molar-refractivity contribution is -0.133. The SMILES string of the molecule is C=C(C)C(=O)O.CCCC(=CC=C(CC)C(=O)O)C(=O)O. The number of hydrogen-bond donors (Lipinski definition) is 3. The van der Waals surface area contributed by atoms with E-state index in [0.29, 0.717) is 12.8 Å². The van der Waals surface area contributed by atoms with Gasteiger partial charge in [-0.25, -0.2) is 14.4 Å². The first-order valence-corrected chi connectivity index (χ1v) is 6.42. The highest BCUT2D eigenvalue weighted by Gasteiger charge is 2.06. The summed E-state index contributed by atoms with van der Waals surface area (Å²) in [5.41, 5.74) is 0.629. The Balaban J connectivity index is 0. The normalized spacial score (nSPS) is 11.2. The molecule has 0 rings (SSSR count). The molecular formula is C15H22O6. The third kappa shape index (κ3) is 11.2. The number of carbonyl (C=O) groups is 3. The fourth-order valence-electron chi connectivity index (χ4n) is 1.07. The molecule has 21 heavy (non-hydrogen) atoms. The molecule has 118 valence electrons. The predicted octanol–water partition coefficient (Wildman–Crippen LogP) is 2.87. The molecule has 6 nitrogen and oxygen atoms in total. The summed E-state index contributed by atoms with van der Waals surface area (Å²) < 4.78 is 0. The van der Waals surface area contributed by atoms with E-state index in [4.69, 9.17) is 15.3 Å². The lowest BCUT2D eigenvalue weighted by atomic mass is 10.1. The minimum Gasteiger partial charge on any atom is -0.478 e. The van der Waals surface area contributed by atoms with E-state index in [0.717, 1.165) is 6.42 Å². The van der Waals surface area contributed by atoms with Crippen LogP contribution in [0.2, 0.25) is 0 Å². The Morgan fingerprint density at radius 1 is 0.905 bits per heavy atom. The quantitative estimate of drug-likeness (QED) is 0.492. The maximum atomic E-state index is 10.7.